The number of carbonyl (C=O) groups is 2. The Morgan fingerprint density at radius 1 is 1.25 bits per heavy atom. The summed E-state index contributed by atoms with van der Waals surface area (Å²) >= 11 is 0. The summed E-state index contributed by atoms with van der Waals surface area (Å²) in [4.78, 5) is 22.2. The third-order valence-corrected chi connectivity index (χ3v) is 1.53. The van der Waals surface area contributed by atoms with E-state index in [1.54, 1.807) is 20.8 Å². The van der Waals surface area contributed by atoms with Gasteiger partial charge in [0.1, 0.15) is 12.1 Å². The minimum atomic E-state index is -0.584. The van der Waals surface area contributed by atoms with Gasteiger partial charge >= 0.3 is 12.1 Å². The molecule has 0 bridgehead atoms. The Bertz CT molecular complexity index is 233. The molecule has 0 aromatic carbocycles. The Morgan fingerprint density at radius 3 is 2.38 bits per heavy atom. The number of nitrogens with one attached hydrogen (secondary N) is 1. The first-order chi connectivity index (χ1) is 7.35. The van der Waals surface area contributed by atoms with Crippen LogP contribution in [0.15, 0.2) is 0 Å². The van der Waals surface area contributed by atoms with Gasteiger partial charge < -0.3 is 14.8 Å². The molecule has 0 atom stereocenters. The van der Waals surface area contributed by atoms with Crippen LogP contribution < -0.4 is 5.32 Å². The lowest BCUT2D eigenvalue weighted by Crippen LogP contribution is -2.35. The van der Waals surface area contributed by atoms with Crippen LogP contribution in [0, 0.1) is 0 Å². The van der Waals surface area contributed by atoms with Gasteiger partial charge in [-0.2, -0.15) is 0 Å². The number of ether oxygens (including phenoxy) is 2. The summed E-state index contributed by atoms with van der Waals surface area (Å²) in [5, 5.41) is 2.33. The second-order valence-electron chi connectivity index (χ2n) is 4.43. The van der Waals surface area contributed by atoms with Crippen molar-refractivity contribution in [3.63, 3.8) is 0 Å². The summed E-state index contributed by atoms with van der Waals surface area (Å²) in [6, 6.07) is 0. The van der Waals surface area contributed by atoms with Crippen LogP contribution in [0.25, 0.3) is 0 Å². The molecule has 0 aromatic heterocycles. The van der Waals surface area contributed by atoms with E-state index in [0.29, 0.717) is 6.61 Å². The smallest absolute Gasteiger partial charge is 0.407 e. The molecule has 0 aliphatic heterocycles. The fraction of sp³-hybridized carbons (Fsp3) is 0.818. The summed E-state index contributed by atoms with van der Waals surface area (Å²) in [6.07, 6.45) is 1.19. The van der Waals surface area contributed by atoms with E-state index < -0.39 is 17.7 Å². The Kier molecular flexibility index (Phi) is 6.53. The van der Waals surface area contributed by atoms with Crippen LogP contribution in [-0.4, -0.2) is 30.8 Å². The Morgan fingerprint density at radius 2 is 1.88 bits per heavy atom. The molecule has 0 spiro atoms. The van der Waals surface area contributed by atoms with E-state index >= 15 is 0 Å². The second kappa shape index (κ2) is 7.09. The molecule has 0 rings (SSSR count). The van der Waals surface area contributed by atoms with Gasteiger partial charge in [-0.3, -0.25) is 4.79 Å². The lowest BCUT2D eigenvalue weighted by molar-refractivity contribution is -0.153. The lowest BCUT2D eigenvalue weighted by atomic mass is 10.2. The number of amides is 1. The van der Waals surface area contributed by atoms with E-state index in [2.05, 4.69) is 5.32 Å². The van der Waals surface area contributed by atoms with Gasteiger partial charge in [-0.05, 0) is 27.2 Å². The maximum atomic E-state index is 11.2. The zero-order valence-electron chi connectivity index (χ0n) is 10.5. The molecule has 0 aliphatic rings. The Hall–Kier alpha value is -1.26. The minimum absolute atomic E-state index is 0.164. The van der Waals surface area contributed by atoms with Gasteiger partial charge in [0.2, 0.25) is 0 Å². The monoisotopic (exact) mass is 231 g/mol. The van der Waals surface area contributed by atoms with Gasteiger partial charge in [0.25, 0.3) is 0 Å². The van der Waals surface area contributed by atoms with E-state index in [1.807, 2.05) is 6.92 Å². The molecule has 94 valence electrons. The molecule has 0 aromatic rings. The SMILES string of the molecule is CCCCOC(=O)NCC(=O)OC(C)(C)C. The number of unbranched alkanes of at least 4 members (excludes halogenated alkanes) is 1. The highest BCUT2D eigenvalue weighted by Gasteiger charge is 2.16. The molecule has 1 N–H and O–H groups in total. The second-order valence-corrected chi connectivity index (χ2v) is 4.43. The average Bonchev–Trinajstić information content (AvgIpc) is 2.12. The summed E-state index contributed by atoms with van der Waals surface area (Å²) in [7, 11) is 0. The van der Waals surface area contributed by atoms with Crippen molar-refractivity contribution in [2.24, 2.45) is 0 Å². The van der Waals surface area contributed by atoms with E-state index in [1.165, 1.54) is 0 Å². The molecule has 0 saturated heterocycles. The summed E-state index contributed by atoms with van der Waals surface area (Å²) in [5.74, 6) is -0.472. The highest BCUT2D eigenvalue weighted by Crippen LogP contribution is 2.06. The Balaban J connectivity index is 3.63. The standard InChI is InChI=1S/C11H21NO4/c1-5-6-7-15-10(14)12-8-9(13)16-11(2,3)4/h5-8H2,1-4H3,(H,12,14). The molecule has 5 heteroatoms. The summed E-state index contributed by atoms with van der Waals surface area (Å²) < 4.78 is 9.81. The predicted octanol–water partition coefficient (Wildman–Crippen LogP) is 1.85. The topological polar surface area (TPSA) is 64.6 Å². The lowest BCUT2D eigenvalue weighted by Gasteiger charge is -2.19. The first kappa shape index (κ1) is 14.7. The normalized spacial score (nSPS) is 10.8. The van der Waals surface area contributed by atoms with Crippen LogP contribution in [-0.2, 0) is 14.3 Å². The minimum Gasteiger partial charge on any atom is -0.459 e. The first-order valence-corrected chi connectivity index (χ1v) is 5.47. The molecule has 1 amide bonds. The van der Waals surface area contributed by atoms with Crippen LogP contribution in [0.2, 0.25) is 0 Å². The first-order valence-electron chi connectivity index (χ1n) is 5.47. The van der Waals surface area contributed by atoms with Crippen molar-refractivity contribution in [2.75, 3.05) is 13.2 Å². The van der Waals surface area contributed by atoms with E-state index in [0.717, 1.165) is 12.8 Å². The molecule has 0 heterocycles. The molecule has 0 radical (unpaired) electrons. The van der Waals surface area contributed by atoms with Crippen molar-refractivity contribution < 1.29 is 19.1 Å². The van der Waals surface area contributed by atoms with Crippen molar-refractivity contribution in [1.29, 1.82) is 0 Å². The quantitative estimate of drug-likeness (QED) is 0.579. The number of rotatable bonds is 5. The molecule has 0 aliphatic carbocycles. The number of carbonyl (C=O) groups excluding carboxylic acids is 2. The van der Waals surface area contributed by atoms with Crippen molar-refractivity contribution >= 4 is 12.1 Å². The molecule has 0 fully saturated rings. The number of hydrogen-bond donors (Lipinski definition) is 1. The highest BCUT2D eigenvalue weighted by molar-refractivity contribution is 5.78. The van der Waals surface area contributed by atoms with Gasteiger partial charge in [0.05, 0.1) is 6.61 Å². The number of esters is 1. The third kappa shape index (κ3) is 9.30. The molecule has 16 heavy (non-hydrogen) atoms. The average molecular weight is 231 g/mol. The maximum absolute atomic E-state index is 11.2. The fourth-order valence-electron chi connectivity index (χ4n) is 0.882. The molecule has 0 unspecified atom stereocenters. The van der Waals surface area contributed by atoms with Crippen LogP contribution in [0.4, 0.5) is 4.79 Å². The Labute approximate surface area is 96.5 Å². The van der Waals surface area contributed by atoms with Crippen molar-refractivity contribution in [3.05, 3.63) is 0 Å². The maximum Gasteiger partial charge on any atom is 0.407 e. The van der Waals surface area contributed by atoms with Crippen molar-refractivity contribution in [2.45, 2.75) is 46.1 Å². The zero-order chi connectivity index (χ0) is 12.6. The van der Waals surface area contributed by atoms with Crippen molar-refractivity contribution in [1.82, 2.24) is 5.32 Å². The summed E-state index contributed by atoms with van der Waals surface area (Å²) in [5.41, 5.74) is -0.537. The van der Waals surface area contributed by atoms with Crippen LogP contribution in [0.5, 0.6) is 0 Å². The third-order valence-electron chi connectivity index (χ3n) is 1.53. The van der Waals surface area contributed by atoms with Gasteiger partial charge in [-0.25, -0.2) is 4.79 Å². The molecule has 5 nitrogen and oxygen atoms in total. The predicted molar refractivity (Wildman–Crippen MR) is 60.1 cm³/mol. The largest absolute Gasteiger partial charge is 0.459 e. The summed E-state index contributed by atoms with van der Waals surface area (Å²) in [6.45, 7) is 7.51. The van der Waals surface area contributed by atoms with E-state index in [-0.39, 0.29) is 6.54 Å². The van der Waals surface area contributed by atoms with Gasteiger partial charge in [0.15, 0.2) is 0 Å². The van der Waals surface area contributed by atoms with Crippen molar-refractivity contribution in [3.8, 4) is 0 Å². The van der Waals surface area contributed by atoms with Gasteiger partial charge in [-0.15, -0.1) is 0 Å². The fourth-order valence-corrected chi connectivity index (χ4v) is 0.882. The van der Waals surface area contributed by atoms with E-state index in [4.69, 9.17) is 9.47 Å². The number of hydrogen-bond acceptors (Lipinski definition) is 4. The highest BCUT2D eigenvalue weighted by atomic mass is 16.6. The van der Waals surface area contributed by atoms with Crippen LogP contribution in [0.3, 0.4) is 0 Å². The molecular weight excluding hydrogens is 210 g/mol. The molecule has 0 saturated carbocycles. The molecular formula is C11H21NO4. The van der Waals surface area contributed by atoms with Gasteiger partial charge in [0, 0.05) is 0 Å². The van der Waals surface area contributed by atoms with Crippen LogP contribution >= 0.6 is 0 Å². The number of alkyl carbamates (subject to hydrolysis) is 1. The van der Waals surface area contributed by atoms with E-state index in [9.17, 15) is 9.59 Å². The van der Waals surface area contributed by atoms with Crippen LogP contribution in [0.1, 0.15) is 40.5 Å². The van der Waals surface area contributed by atoms with Gasteiger partial charge in [-0.1, -0.05) is 13.3 Å². The zero-order valence-corrected chi connectivity index (χ0v) is 10.5.